The molecule has 0 aliphatic carbocycles. The van der Waals surface area contributed by atoms with Crippen LogP contribution in [0, 0.1) is 0 Å². The molecule has 1 aliphatic heterocycles. The number of rotatable bonds is 6. The standard InChI is InChI=1S/C39H30N6/c1-3-5-15-26(4-2)37-41-38(27-16-7-6-8-17-27)43-39(42-37)45-33-21-12-10-19-29(33)31-24-23-30-28-18-9-11-20-32(28)44(35(30)36(31)45)34-22-13-14-25-40-34/h3-21,23-25,34H,2,22H2,1H3/b5-3-,26-15+. The number of para-hydroxylation sites is 2. The highest BCUT2D eigenvalue weighted by Crippen LogP contribution is 2.42. The van der Waals surface area contributed by atoms with Gasteiger partial charge in [0.05, 0.1) is 22.1 Å². The van der Waals surface area contributed by atoms with E-state index in [4.69, 9.17) is 19.9 Å². The molecule has 6 nitrogen and oxygen atoms in total. The summed E-state index contributed by atoms with van der Waals surface area (Å²) in [6.07, 6.45) is 14.6. The summed E-state index contributed by atoms with van der Waals surface area (Å²) in [6.45, 7) is 6.07. The van der Waals surface area contributed by atoms with E-state index in [1.807, 2.05) is 67.8 Å². The second kappa shape index (κ2) is 11.0. The van der Waals surface area contributed by atoms with Crippen LogP contribution in [0.3, 0.4) is 0 Å². The first-order chi connectivity index (χ1) is 22.3. The van der Waals surface area contributed by atoms with Gasteiger partial charge in [-0.25, -0.2) is 4.98 Å². The molecule has 1 unspecified atom stereocenters. The molecule has 0 saturated heterocycles. The molecule has 4 aromatic carbocycles. The minimum absolute atomic E-state index is 0.0700. The molecule has 7 aromatic rings. The molecule has 1 aliphatic rings. The lowest BCUT2D eigenvalue weighted by Gasteiger charge is -2.19. The van der Waals surface area contributed by atoms with Crippen LogP contribution in [0.2, 0.25) is 0 Å². The molecule has 45 heavy (non-hydrogen) atoms. The summed E-state index contributed by atoms with van der Waals surface area (Å²) in [5, 5.41) is 4.63. The molecule has 0 radical (unpaired) electrons. The van der Waals surface area contributed by atoms with E-state index in [1.165, 1.54) is 10.8 Å². The van der Waals surface area contributed by atoms with Gasteiger partial charge in [0, 0.05) is 45.3 Å². The van der Waals surface area contributed by atoms with Crippen molar-refractivity contribution in [2.24, 2.45) is 4.99 Å². The molecule has 1 atom stereocenters. The van der Waals surface area contributed by atoms with Gasteiger partial charge in [-0.15, -0.1) is 0 Å². The van der Waals surface area contributed by atoms with E-state index in [0.717, 1.165) is 50.4 Å². The zero-order valence-corrected chi connectivity index (χ0v) is 24.9. The largest absolute Gasteiger partial charge is 0.315 e. The number of benzene rings is 4. The molecule has 0 fully saturated rings. The number of aromatic nitrogens is 5. The van der Waals surface area contributed by atoms with Gasteiger partial charge in [-0.1, -0.05) is 116 Å². The Bertz CT molecular complexity index is 2380. The number of nitrogens with zero attached hydrogens (tertiary/aromatic N) is 6. The van der Waals surface area contributed by atoms with E-state index in [2.05, 4.69) is 82.5 Å². The van der Waals surface area contributed by atoms with E-state index in [1.54, 1.807) is 6.08 Å². The minimum Gasteiger partial charge on any atom is -0.315 e. The second-order valence-electron chi connectivity index (χ2n) is 11.0. The summed E-state index contributed by atoms with van der Waals surface area (Å²) in [5.74, 6) is 1.71. The number of hydrogen-bond acceptors (Lipinski definition) is 4. The topological polar surface area (TPSA) is 60.9 Å². The second-order valence-corrected chi connectivity index (χ2v) is 11.0. The zero-order chi connectivity index (χ0) is 30.3. The summed E-state index contributed by atoms with van der Waals surface area (Å²) in [5.41, 5.74) is 6.07. The van der Waals surface area contributed by atoms with Crippen molar-refractivity contribution in [3.63, 3.8) is 0 Å². The zero-order valence-electron chi connectivity index (χ0n) is 24.9. The van der Waals surface area contributed by atoms with E-state index in [0.29, 0.717) is 17.6 Å². The van der Waals surface area contributed by atoms with Gasteiger partial charge in [-0.2, -0.15) is 9.97 Å². The van der Waals surface area contributed by atoms with Gasteiger partial charge in [0.15, 0.2) is 11.6 Å². The first kappa shape index (κ1) is 26.7. The van der Waals surface area contributed by atoms with Crippen molar-refractivity contribution in [3.05, 3.63) is 140 Å². The van der Waals surface area contributed by atoms with Crippen molar-refractivity contribution in [1.82, 2.24) is 24.1 Å². The van der Waals surface area contributed by atoms with Crippen LogP contribution in [0.5, 0.6) is 0 Å². The minimum atomic E-state index is -0.0700. The molecule has 6 heteroatoms. The Labute approximate surface area is 260 Å². The number of aliphatic imine (C=N–C) groups is 1. The number of allylic oxidation sites excluding steroid dienone is 6. The fraction of sp³-hybridized carbons (Fsp3) is 0.0769. The van der Waals surface area contributed by atoms with Gasteiger partial charge < -0.3 is 4.57 Å². The molecule has 3 aromatic heterocycles. The molecule has 0 spiro atoms. The summed E-state index contributed by atoms with van der Waals surface area (Å²) < 4.78 is 4.60. The van der Waals surface area contributed by atoms with Gasteiger partial charge in [-0.3, -0.25) is 9.56 Å². The third kappa shape index (κ3) is 4.33. The van der Waals surface area contributed by atoms with Crippen molar-refractivity contribution < 1.29 is 0 Å². The van der Waals surface area contributed by atoms with Crippen LogP contribution in [0.15, 0.2) is 139 Å². The van der Waals surface area contributed by atoms with Gasteiger partial charge in [0.2, 0.25) is 5.95 Å². The molecular weight excluding hydrogens is 552 g/mol. The average Bonchev–Trinajstić information content (AvgIpc) is 3.62. The fourth-order valence-corrected chi connectivity index (χ4v) is 6.44. The van der Waals surface area contributed by atoms with Crippen LogP contribution >= 0.6 is 0 Å². The SMILES string of the molecule is C=C/C(=C\C=C/C)c1nc(-c2ccccc2)nc(-n2c3ccccc3c3ccc4c5ccccc5n(C5CC=CC=N5)c4c32)n1. The Kier molecular flexibility index (Phi) is 6.53. The van der Waals surface area contributed by atoms with Crippen LogP contribution in [-0.4, -0.2) is 30.3 Å². The summed E-state index contributed by atoms with van der Waals surface area (Å²) in [6, 6.07) is 31.6. The first-order valence-corrected chi connectivity index (χ1v) is 15.2. The van der Waals surface area contributed by atoms with Crippen molar-refractivity contribution in [2.45, 2.75) is 19.5 Å². The summed E-state index contributed by atoms with van der Waals surface area (Å²) in [7, 11) is 0. The number of dihydropyridines is 1. The number of fused-ring (bicyclic) bond motifs is 7. The molecule has 0 amide bonds. The lowest BCUT2D eigenvalue weighted by Crippen LogP contribution is -2.10. The third-order valence-electron chi connectivity index (χ3n) is 8.43. The molecule has 4 heterocycles. The molecule has 8 rings (SSSR count). The van der Waals surface area contributed by atoms with Gasteiger partial charge in [-0.05, 0) is 25.1 Å². The van der Waals surface area contributed by atoms with Crippen LogP contribution < -0.4 is 0 Å². The lowest BCUT2D eigenvalue weighted by atomic mass is 10.1. The maximum atomic E-state index is 5.16. The fourth-order valence-electron chi connectivity index (χ4n) is 6.44. The predicted octanol–water partition coefficient (Wildman–Crippen LogP) is 9.42. The lowest BCUT2D eigenvalue weighted by molar-refractivity contribution is 0.563. The van der Waals surface area contributed by atoms with Gasteiger partial charge in [0.1, 0.15) is 6.17 Å². The summed E-state index contributed by atoms with van der Waals surface area (Å²) >= 11 is 0. The van der Waals surface area contributed by atoms with E-state index in [-0.39, 0.29) is 6.17 Å². The van der Waals surface area contributed by atoms with Gasteiger partial charge >= 0.3 is 0 Å². The van der Waals surface area contributed by atoms with Crippen LogP contribution in [0.25, 0.3) is 66.5 Å². The Hall–Kier alpha value is -5.88. The highest BCUT2D eigenvalue weighted by Gasteiger charge is 2.25. The quantitative estimate of drug-likeness (QED) is 0.184. The first-order valence-electron chi connectivity index (χ1n) is 15.2. The maximum absolute atomic E-state index is 5.16. The Balaban J connectivity index is 1.54. The van der Waals surface area contributed by atoms with Crippen LogP contribution in [0.1, 0.15) is 25.3 Å². The predicted molar refractivity (Wildman–Crippen MR) is 187 cm³/mol. The molecule has 0 saturated carbocycles. The highest BCUT2D eigenvalue weighted by molar-refractivity contribution is 6.23. The number of hydrogen-bond donors (Lipinski definition) is 0. The van der Waals surface area contributed by atoms with Crippen molar-refractivity contribution in [1.29, 1.82) is 0 Å². The maximum Gasteiger partial charge on any atom is 0.238 e. The Morgan fingerprint density at radius 2 is 1.49 bits per heavy atom. The van der Waals surface area contributed by atoms with Crippen molar-refractivity contribution in [3.8, 4) is 17.3 Å². The normalized spacial score (nSPS) is 15.3. The molecule has 0 bridgehead atoms. The Morgan fingerprint density at radius 1 is 0.778 bits per heavy atom. The molecule has 216 valence electrons. The highest BCUT2D eigenvalue weighted by atomic mass is 15.2. The third-order valence-corrected chi connectivity index (χ3v) is 8.43. The van der Waals surface area contributed by atoms with E-state index in [9.17, 15) is 0 Å². The van der Waals surface area contributed by atoms with Gasteiger partial charge in [0.25, 0.3) is 0 Å². The monoisotopic (exact) mass is 582 g/mol. The van der Waals surface area contributed by atoms with Crippen molar-refractivity contribution in [2.75, 3.05) is 0 Å². The average molecular weight is 583 g/mol. The van der Waals surface area contributed by atoms with Crippen LogP contribution in [-0.2, 0) is 0 Å². The smallest absolute Gasteiger partial charge is 0.238 e. The summed E-state index contributed by atoms with van der Waals surface area (Å²) in [4.78, 5) is 20.2. The molecule has 0 N–H and O–H groups in total. The Morgan fingerprint density at radius 3 is 2.22 bits per heavy atom. The van der Waals surface area contributed by atoms with Crippen LogP contribution in [0.4, 0.5) is 0 Å². The van der Waals surface area contributed by atoms with E-state index >= 15 is 0 Å². The molecular formula is C39H30N6. The van der Waals surface area contributed by atoms with E-state index < -0.39 is 0 Å². The van der Waals surface area contributed by atoms with Crippen molar-refractivity contribution >= 4 is 55.4 Å².